The molecule has 0 saturated carbocycles. The van der Waals surface area contributed by atoms with Crippen molar-refractivity contribution in [1.82, 2.24) is 0 Å². The average molecular weight is 373 g/mol. The summed E-state index contributed by atoms with van der Waals surface area (Å²) in [6.45, 7) is 2.06. The topological polar surface area (TPSA) is 79.2 Å². The normalized spacial score (nSPS) is 24.4. The van der Waals surface area contributed by atoms with E-state index < -0.39 is 31.0 Å². The first-order valence-corrected chi connectivity index (χ1v) is 10.6. The lowest BCUT2D eigenvalue weighted by Gasteiger charge is -2.20. The third-order valence-corrected chi connectivity index (χ3v) is 5.06. The second-order valence-corrected chi connectivity index (χ2v) is 7.41. The van der Waals surface area contributed by atoms with Crippen molar-refractivity contribution in [2.45, 2.75) is 108 Å². The molecule has 1 aliphatic rings. The highest BCUT2D eigenvalue weighted by molar-refractivity contribution is 4.90. The molecule has 26 heavy (non-hydrogen) atoms. The largest absolute Gasteiger partial charge is 0.493 e. The van der Waals surface area contributed by atoms with Crippen LogP contribution >= 0.6 is 0 Å². The Balaban J connectivity index is 1.91. The average Bonchev–Trinajstić information content (AvgIpc) is 3.02. The molecule has 1 heterocycles. The van der Waals surface area contributed by atoms with Gasteiger partial charge in [-0.1, -0.05) is 71.1 Å². The predicted octanol–water partition coefficient (Wildman–Crippen LogP) is 3.70. The fraction of sp³-hybridized carbons (Fsp3) is 0.905. The van der Waals surface area contributed by atoms with Gasteiger partial charge in [0.1, 0.15) is 24.4 Å². The molecule has 0 aliphatic carbocycles. The van der Waals surface area contributed by atoms with Gasteiger partial charge >= 0.3 is 0 Å². The maximum atomic E-state index is 10.00. The van der Waals surface area contributed by atoms with E-state index in [9.17, 15) is 10.2 Å². The van der Waals surface area contributed by atoms with Crippen LogP contribution in [-0.2, 0) is 9.47 Å². The molecule has 0 aromatic rings. The van der Waals surface area contributed by atoms with Crippen LogP contribution in [-0.4, -0.2) is 52.9 Å². The molecule has 5 nitrogen and oxygen atoms in total. The molecular formula is C21H40O5. The number of aliphatic hydroxyl groups is 3. The van der Waals surface area contributed by atoms with Crippen LogP contribution in [0, 0.1) is 0 Å². The minimum Gasteiger partial charge on any atom is -0.493 e. The Hall–Kier alpha value is -0.620. The Bertz CT molecular complexity index is 347. The van der Waals surface area contributed by atoms with Gasteiger partial charge in [0.05, 0.1) is 19.5 Å². The summed E-state index contributed by atoms with van der Waals surface area (Å²) >= 11 is 0. The number of hydrogen-bond donors (Lipinski definition) is 3. The maximum absolute atomic E-state index is 10.00. The lowest BCUT2D eigenvalue weighted by Crippen LogP contribution is -2.40. The van der Waals surface area contributed by atoms with E-state index in [1.165, 1.54) is 64.2 Å². The number of ether oxygens (including phenoxy) is 2. The van der Waals surface area contributed by atoms with Gasteiger partial charge in [0.2, 0.25) is 0 Å². The SMILES string of the molecule is CCCCCCCCCCCCC/C=C/O[C@@H]1CO[C@H]([C@@H](O)CO)[C@@H]1O. The zero-order valence-electron chi connectivity index (χ0n) is 16.5. The van der Waals surface area contributed by atoms with Crippen molar-refractivity contribution in [1.29, 1.82) is 0 Å². The van der Waals surface area contributed by atoms with Gasteiger partial charge in [-0.25, -0.2) is 0 Å². The summed E-state index contributed by atoms with van der Waals surface area (Å²) in [7, 11) is 0. The molecule has 0 bridgehead atoms. The zero-order chi connectivity index (χ0) is 19.0. The minimum atomic E-state index is -1.07. The highest BCUT2D eigenvalue weighted by Gasteiger charge is 2.40. The number of aliphatic hydroxyl groups excluding tert-OH is 3. The Labute approximate surface area is 159 Å². The molecule has 0 amide bonds. The molecular weight excluding hydrogens is 332 g/mol. The van der Waals surface area contributed by atoms with Crippen molar-refractivity contribution in [3.8, 4) is 0 Å². The second-order valence-electron chi connectivity index (χ2n) is 7.41. The van der Waals surface area contributed by atoms with Crippen molar-refractivity contribution in [2.24, 2.45) is 0 Å². The molecule has 1 saturated heterocycles. The van der Waals surface area contributed by atoms with Crippen LogP contribution in [0.2, 0.25) is 0 Å². The monoisotopic (exact) mass is 372 g/mol. The van der Waals surface area contributed by atoms with Crippen molar-refractivity contribution >= 4 is 0 Å². The lowest BCUT2D eigenvalue weighted by atomic mass is 10.1. The van der Waals surface area contributed by atoms with E-state index in [1.807, 2.05) is 6.08 Å². The summed E-state index contributed by atoms with van der Waals surface area (Å²) in [5.41, 5.74) is 0. The highest BCUT2D eigenvalue weighted by Crippen LogP contribution is 2.20. The quantitative estimate of drug-likeness (QED) is 0.284. The molecule has 0 aromatic heterocycles. The number of unbranched alkanes of at least 4 members (excludes halogenated alkanes) is 11. The summed E-state index contributed by atoms with van der Waals surface area (Å²) in [6.07, 6.45) is 16.1. The van der Waals surface area contributed by atoms with Gasteiger partial charge in [0, 0.05) is 0 Å². The molecule has 0 unspecified atom stereocenters. The molecule has 1 aliphatic heterocycles. The summed E-state index contributed by atoms with van der Waals surface area (Å²) in [5, 5.41) is 28.4. The number of allylic oxidation sites excluding steroid dienone is 1. The molecule has 3 N–H and O–H groups in total. The third kappa shape index (κ3) is 9.91. The fourth-order valence-electron chi connectivity index (χ4n) is 3.33. The van der Waals surface area contributed by atoms with Crippen molar-refractivity contribution in [3.05, 3.63) is 12.3 Å². The van der Waals surface area contributed by atoms with Crippen molar-refractivity contribution < 1.29 is 24.8 Å². The molecule has 154 valence electrons. The van der Waals surface area contributed by atoms with Crippen LogP contribution < -0.4 is 0 Å². The summed E-state index contributed by atoms with van der Waals surface area (Å²) in [6, 6.07) is 0. The van der Waals surface area contributed by atoms with Gasteiger partial charge in [-0.05, 0) is 18.9 Å². The smallest absolute Gasteiger partial charge is 0.149 e. The summed E-state index contributed by atoms with van der Waals surface area (Å²) < 4.78 is 10.8. The molecule has 4 atom stereocenters. The van der Waals surface area contributed by atoms with E-state index in [1.54, 1.807) is 6.26 Å². The van der Waals surface area contributed by atoms with Crippen LogP contribution in [0.4, 0.5) is 0 Å². The van der Waals surface area contributed by atoms with Crippen molar-refractivity contribution in [3.63, 3.8) is 0 Å². The van der Waals surface area contributed by atoms with Gasteiger partial charge in [-0.3, -0.25) is 0 Å². The van der Waals surface area contributed by atoms with E-state index in [4.69, 9.17) is 14.6 Å². The second kappa shape index (κ2) is 15.4. The van der Waals surface area contributed by atoms with Gasteiger partial charge in [0.25, 0.3) is 0 Å². The predicted molar refractivity (Wildman–Crippen MR) is 104 cm³/mol. The van der Waals surface area contributed by atoms with Gasteiger partial charge in [0.15, 0.2) is 0 Å². The molecule has 0 aromatic carbocycles. The summed E-state index contributed by atoms with van der Waals surface area (Å²) in [4.78, 5) is 0. The van der Waals surface area contributed by atoms with Crippen LogP contribution in [0.15, 0.2) is 12.3 Å². The van der Waals surface area contributed by atoms with E-state index in [0.717, 1.165) is 12.8 Å². The van der Waals surface area contributed by atoms with Crippen LogP contribution in [0.1, 0.15) is 84.0 Å². The molecule has 0 radical (unpaired) electrons. The molecule has 1 rings (SSSR count). The first-order valence-electron chi connectivity index (χ1n) is 10.6. The maximum Gasteiger partial charge on any atom is 0.149 e. The summed E-state index contributed by atoms with van der Waals surface area (Å²) in [5.74, 6) is 0. The van der Waals surface area contributed by atoms with E-state index in [2.05, 4.69) is 6.92 Å². The molecule has 0 spiro atoms. The third-order valence-electron chi connectivity index (χ3n) is 5.06. The van der Waals surface area contributed by atoms with Gasteiger partial charge in [-0.15, -0.1) is 0 Å². The van der Waals surface area contributed by atoms with E-state index >= 15 is 0 Å². The van der Waals surface area contributed by atoms with Crippen LogP contribution in [0.5, 0.6) is 0 Å². The van der Waals surface area contributed by atoms with E-state index in [0.29, 0.717) is 0 Å². The van der Waals surface area contributed by atoms with E-state index in [-0.39, 0.29) is 6.61 Å². The fourth-order valence-corrected chi connectivity index (χ4v) is 3.33. The number of rotatable bonds is 16. The van der Waals surface area contributed by atoms with Crippen molar-refractivity contribution in [2.75, 3.05) is 13.2 Å². The Morgan fingerprint density at radius 2 is 1.58 bits per heavy atom. The first-order chi connectivity index (χ1) is 12.7. The van der Waals surface area contributed by atoms with Gasteiger partial charge < -0.3 is 24.8 Å². The van der Waals surface area contributed by atoms with Crippen LogP contribution in [0.3, 0.4) is 0 Å². The van der Waals surface area contributed by atoms with Gasteiger partial charge in [-0.2, -0.15) is 0 Å². The zero-order valence-corrected chi connectivity index (χ0v) is 16.5. The highest BCUT2D eigenvalue weighted by atomic mass is 16.6. The first kappa shape index (κ1) is 23.4. The lowest BCUT2D eigenvalue weighted by molar-refractivity contribution is -0.0689. The Morgan fingerprint density at radius 3 is 2.15 bits per heavy atom. The minimum absolute atomic E-state index is 0.228. The molecule has 1 fully saturated rings. The standard InChI is InChI=1S/C21H40O5/c1-2-3-4-5-6-7-8-9-10-11-12-13-14-15-25-19-17-26-21(20(19)24)18(23)16-22/h14-15,18-24H,2-13,16-17H2,1H3/b15-14+/t18-,19+,20+,21+/m0/s1. The molecule has 5 heteroatoms. The number of hydrogen-bond acceptors (Lipinski definition) is 5. The Kier molecular flexibility index (Phi) is 13.9. The Morgan fingerprint density at radius 1 is 1.00 bits per heavy atom. The van der Waals surface area contributed by atoms with Crippen LogP contribution in [0.25, 0.3) is 0 Å².